The molecule has 1 aromatic carbocycles. The van der Waals surface area contributed by atoms with Crippen molar-refractivity contribution in [1.29, 1.82) is 0 Å². The fraction of sp³-hybridized carbons (Fsp3) is 0.607. The Bertz CT molecular complexity index is 1030. The zero-order valence-electron chi connectivity index (χ0n) is 22.5. The van der Waals surface area contributed by atoms with Crippen LogP contribution in [-0.4, -0.2) is 39.3 Å². The highest BCUT2D eigenvalue weighted by Crippen LogP contribution is 2.36. The van der Waals surface area contributed by atoms with Crippen LogP contribution in [-0.2, 0) is 23.3 Å². The topological polar surface area (TPSA) is 89.3 Å². The molecule has 1 saturated carbocycles. The third-order valence-electron chi connectivity index (χ3n) is 6.93. The first kappa shape index (κ1) is 27.8. The Morgan fingerprint density at radius 3 is 2.37 bits per heavy atom. The number of hydrogen-bond acceptors (Lipinski definition) is 4. The standard InChI is InChI=1S/C28H43N3O3S/c1-19-22(26(32)30-18-28(5,6)33)16-24(31(19)17-20-11-9-8-10-12-20)21-13-14-25(35(34)29-7)23(15-21)27(2,3)4/h13-16,20,29,33H,8-12,17-18H2,1-7H3,(H,30,32). The van der Waals surface area contributed by atoms with E-state index in [1.54, 1.807) is 20.9 Å². The molecule has 0 bridgehead atoms. The number of nitrogens with zero attached hydrogens (tertiary/aromatic N) is 1. The molecule has 2 aromatic rings. The molecule has 35 heavy (non-hydrogen) atoms. The lowest BCUT2D eigenvalue weighted by atomic mass is 9.85. The smallest absolute Gasteiger partial charge is 0.253 e. The SMILES string of the molecule is CN[S+]([O-])c1ccc(-c2cc(C(=O)NCC(C)(C)O)c(C)n2CC2CCCCC2)cc1C(C)(C)C. The van der Waals surface area contributed by atoms with Gasteiger partial charge in [-0.05, 0) is 74.8 Å². The van der Waals surface area contributed by atoms with Crippen LogP contribution in [0, 0.1) is 12.8 Å². The second-order valence-electron chi connectivity index (χ2n) is 11.6. The maximum Gasteiger partial charge on any atom is 0.253 e. The molecule has 0 saturated heterocycles. The minimum atomic E-state index is -1.29. The van der Waals surface area contributed by atoms with Crippen molar-refractivity contribution >= 4 is 17.3 Å². The summed E-state index contributed by atoms with van der Waals surface area (Å²) in [5, 5.41) is 13.0. The number of benzene rings is 1. The molecule has 1 aliphatic carbocycles. The fourth-order valence-corrected chi connectivity index (χ4v) is 5.89. The second-order valence-corrected chi connectivity index (χ2v) is 13.0. The van der Waals surface area contributed by atoms with Crippen LogP contribution in [0.2, 0.25) is 0 Å². The lowest BCUT2D eigenvalue weighted by molar-refractivity contribution is 0.0694. The molecule has 1 amide bonds. The number of amides is 1. The van der Waals surface area contributed by atoms with Gasteiger partial charge in [0.2, 0.25) is 0 Å². The molecule has 3 rings (SSSR count). The molecule has 1 heterocycles. The molecule has 0 radical (unpaired) electrons. The first-order valence-corrected chi connectivity index (χ1v) is 13.9. The highest BCUT2D eigenvalue weighted by Gasteiger charge is 2.28. The average Bonchev–Trinajstić information content (AvgIpc) is 3.12. The molecule has 6 nitrogen and oxygen atoms in total. The van der Waals surface area contributed by atoms with E-state index in [0.717, 1.165) is 34.0 Å². The van der Waals surface area contributed by atoms with Gasteiger partial charge in [0.1, 0.15) is 0 Å². The van der Waals surface area contributed by atoms with Gasteiger partial charge in [0.15, 0.2) is 4.90 Å². The second kappa shape index (κ2) is 11.1. The van der Waals surface area contributed by atoms with Crippen LogP contribution in [0.15, 0.2) is 29.2 Å². The molecule has 1 unspecified atom stereocenters. The molecule has 1 fully saturated rings. The van der Waals surface area contributed by atoms with Crippen LogP contribution in [0.3, 0.4) is 0 Å². The van der Waals surface area contributed by atoms with Gasteiger partial charge in [-0.2, -0.15) is 0 Å². The Hall–Kier alpha value is -1.80. The Labute approximate surface area is 214 Å². The van der Waals surface area contributed by atoms with E-state index in [0.29, 0.717) is 11.5 Å². The number of rotatable bonds is 8. The van der Waals surface area contributed by atoms with Gasteiger partial charge in [0.25, 0.3) is 5.91 Å². The van der Waals surface area contributed by atoms with Crippen molar-refractivity contribution in [3.8, 4) is 11.3 Å². The van der Waals surface area contributed by atoms with E-state index < -0.39 is 17.0 Å². The number of carbonyl (C=O) groups is 1. The number of carbonyl (C=O) groups excluding carboxylic acids is 1. The maximum absolute atomic E-state index is 13.1. The summed E-state index contributed by atoms with van der Waals surface area (Å²) in [5.41, 5.74) is 3.47. The minimum Gasteiger partial charge on any atom is -0.593 e. The van der Waals surface area contributed by atoms with Gasteiger partial charge in [-0.25, -0.2) is 0 Å². The van der Waals surface area contributed by atoms with Crippen molar-refractivity contribution < 1.29 is 14.5 Å². The average molecular weight is 502 g/mol. The van der Waals surface area contributed by atoms with Gasteiger partial charge in [0, 0.05) is 37.1 Å². The quantitative estimate of drug-likeness (QED) is 0.440. The van der Waals surface area contributed by atoms with E-state index in [1.165, 1.54) is 32.1 Å². The molecule has 1 aliphatic rings. The molecule has 194 valence electrons. The van der Waals surface area contributed by atoms with Gasteiger partial charge < -0.3 is 19.5 Å². The van der Waals surface area contributed by atoms with Crippen LogP contribution >= 0.6 is 0 Å². The number of nitrogens with one attached hydrogen (secondary N) is 2. The summed E-state index contributed by atoms with van der Waals surface area (Å²) in [6, 6.07) is 8.08. The van der Waals surface area contributed by atoms with Crippen LogP contribution in [0.4, 0.5) is 0 Å². The normalized spacial score (nSPS) is 16.4. The Morgan fingerprint density at radius 2 is 1.80 bits per heavy atom. The van der Waals surface area contributed by atoms with Gasteiger partial charge >= 0.3 is 0 Å². The van der Waals surface area contributed by atoms with E-state index in [9.17, 15) is 14.5 Å². The van der Waals surface area contributed by atoms with E-state index in [1.807, 2.05) is 25.1 Å². The van der Waals surface area contributed by atoms with E-state index in [4.69, 9.17) is 0 Å². The summed E-state index contributed by atoms with van der Waals surface area (Å²) in [5.74, 6) is 0.427. The summed E-state index contributed by atoms with van der Waals surface area (Å²) >= 11 is -1.29. The number of aromatic nitrogens is 1. The zero-order valence-corrected chi connectivity index (χ0v) is 23.3. The summed E-state index contributed by atoms with van der Waals surface area (Å²) in [6.07, 6.45) is 6.25. The predicted molar refractivity (Wildman–Crippen MR) is 144 cm³/mol. The molecule has 1 aromatic heterocycles. The number of aliphatic hydroxyl groups is 1. The van der Waals surface area contributed by atoms with Crippen molar-refractivity contribution in [2.45, 2.75) is 96.1 Å². The van der Waals surface area contributed by atoms with Crippen molar-refractivity contribution in [3.05, 3.63) is 41.1 Å². The molecule has 7 heteroatoms. The zero-order chi connectivity index (χ0) is 26.0. The molecule has 1 atom stereocenters. The van der Waals surface area contributed by atoms with Crippen LogP contribution in [0.25, 0.3) is 11.3 Å². The third-order valence-corrected chi connectivity index (χ3v) is 8.05. The molecular weight excluding hydrogens is 458 g/mol. The molecule has 0 aliphatic heterocycles. The highest BCUT2D eigenvalue weighted by atomic mass is 32.2. The Kier molecular flexibility index (Phi) is 8.79. The van der Waals surface area contributed by atoms with Crippen LogP contribution in [0.1, 0.15) is 88.3 Å². The fourth-order valence-electron chi connectivity index (χ4n) is 4.92. The van der Waals surface area contributed by atoms with Crippen molar-refractivity contribution in [2.24, 2.45) is 5.92 Å². The maximum atomic E-state index is 13.1. The van der Waals surface area contributed by atoms with Gasteiger partial charge in [-0.1, -0.05) is 40.0 Å². The monoisotopic (exact) mass is 501 g/mol. The Morgan fingerprint density at radius 1 is 1.14 bits per heavy atom. The van der Waals surface area contributed by atoms with E-state index in [2.05, 4.69) is 41.4 Å². The van der Waals surface area contributed by atoms with Gasteiger partial charge in [-0.15, -0.1) is 4.72 Å². The van der Waals surface area contributed by atoms with Crippen molar-refractivity contribution in [3.63, 3.8) is 0 Å². The summed E-state index contributed by atoms with van der Waals surface area (Å²) in [7, 11) is 1.70. The van der Waals surface area contributed by atoms with Crippen molar-refractivity contribution in [1.82, 2.24) is 14.6 Å². The lowest BCUT2D eigenvalue weighted by Gasteiger charge is -2.26. The summed E-state index contributed by atoms with van der Waals surface area (Å²) in [4.78, 5) is 13.9. The first-order valence-electron chi connectivity index (χ1n) is 12.8. The summed E-state index contributed by atoms with van der Waals surface area (Å²) < 4.78 is 17.8. The van der Waals surface area contributed by atoms with Crippen molar-refractivity contribution in [2.75, 3.05) is 13.6 Å². The number of hydrogen-bond donors (Lipinski definition) is 3. The third kappa shape index (κ3) is 6.91. The first-order chi connectivity index (χ1) is 16.3. The minimum absolute atomic E-state index is 0.169. The van der Waals surface area contributed by atoms with Crippen LogP contribution < -0.4 is 10.0 Å². The lowest BCUT2D eigenvalue weighted by Crippen LogP contribution is -2.38. The predicted octanol–water partition coefficient (Wildman–Crippen LogP) is 5.08. The van der Waals surface area contributed by atoms with Gasteiger partial charge in [0.05, 0.1) is 22.5 Å². The molecular formula is C28H43N3O3S. The largest absolute Gasteiger partial charge is 0.593 e. The van der Waals surface area contributed by atoms with E-state index in [-0.39, 0.29) is 17.9 Å². The van der Waals surface area contributed by atoms with Crippen LogP contribution in [0.5, 0.6) is 0 Å². The van der Waals surface area contributed by atoms with Gasteiger partial charge in [-0.3, -0.25) is 4.79 Å². The van der Waals surface area contributed by atoms with E-state index >= 15 is 0 Å². The summed E-state index contributed by atoms with van der Waals surface area (Å²) in [6.45, 7) is 12.8. The Balaban J connectivity index is 2.09. The highest BCUT2D eigenvalue weighted by molar-refractivity contribution is 7.89. The molecule has 0 spiro atoms. The molecule has 3 N–H and O–H groups in total.